The monoisotopic (exact) mass is 328 g/mol. The number of sulfonamides is 1. The van der Waals surface area contributed by atoms with Crippen LogP contribution in [0, 0.1) is 0 Å². The highest BCUT2D eigenvalue weighted by Crippen LogP contribution is 2.42. The predicted molar refractivity (Wildman–Crippen MR) is 84.0 cm³/mol. The number of piperazine rings is 1. The maximum atomic E-state index is 12.8. The second-order valence-electron chi connectivity index (χ2n) is 6.34. The van der Waals surface area contributed by atoms with Crippen molar-refractivity contribution < 1.29 is 8.42 Å². The van der Waals surface area contributed by atoms with Crippen LogP contribution in [0.5, 0.6) is 0 Å². The zero-order valence-corrected chi connectivity index (χ0v) is 14.0. The molecule has 21 heavy (non-hydrogen) atoms. The van der Waals surface area contributed by atoms with Gasteiger partial charge in [0, 0.05) is 31.2 Å². The average molecular weight is 329 g/mol. The smallest absolute Gasteiger partial charge is 0.244 e. The zero-order chi connectivity index (χ0) is 15.3. The van der Waals surface area contributed by atoms with Crippen molar-refractivity contribution in [2.24, 2.45) is 0 Å². The van der Waals surface area contributed by atoms with Gasteiger partial charge in [0.05, 0.1) is 5.02 Å². The maximum absolute atomic E-state index is 12.8. The van der Waals surface area contributed by atoms with Crippen molar-refractivity contribution in [3.63, 3.8) is 0 Å². The van der Waals surface area contributed by atoms with E-state index in [1.54, 1.807) is 28.6 Å². The van der Waals surface area contributed by atoms with Crippen LogP contribution in [-0.4, -0.2) is 48.8 Å². The Kier molecular flexibility index (Phi) is 3.81. The quantitative estimate of drug-likeness (QED) is 0.856. The molecule has 0 spiro atoms. The van der Waals surface area contributed by atoms with Crippen LogP contribution in [0.1, 0.15) is 26.7 Å². The standard InChI is InChI=1S/C15H21ClN2O2S/c1-12-11-17(15(2)7-8-15)9-10-18(12)21(19,20)14-6-4-3-5-13(14)16/h3-6,12H,7-11H2,1-2H3. The molecule has 1 aromatic carbocycles. The van der Waals surface area contributed by atoms with E-state index in [0.29, 0.717) is 17.1 Å². The van der Waals surface area contributed by atoms with Gasteiger partial charge in [-0.1, -0.05) is 23.7 Å². The van der Waals surface area contributed by atoms with Crippen molar-refractivity contribution in [3.8, 4) is 0 Å². The number of benzene rings is 1. The van der Waals surface area contributed by atoms with Gasteiger partial charge in [0.25, 0.3) is 0 Å². The lowest BCUT2D eigenvalue weighted by atomic mass is 10.1. The van der Waals surface area contributed by atoms with E-state index < -0.39 is 10.0 Å². The summed E-state index contributed by atoms with van der Waals surface area (Å²) in [6.45, 7) is 6.36. The molecule has 1 aliphatic heterocycles. The summed E-state index contributed by atoms with van der Waals surface area (Å²) in [5, 5.41) is 0.293. The highest BCUT2D eigenvalue weighted by molar-refractivity contribution is 7.89. The normalized spacial score (nSPS) is 26.7. The minimum atomic E-state index is -3.52. The molecule has 0 bridgehead atoms. The van der Waals surface area contributed by atoms with Crippen LogP contribution in [0.4, 0.5) is 0 Å². The van der Waals surface area contributed by atoms with E-state index in [4.69, 9.17) is 11.6 Å². The summed E-state index contributed by atoms with van der Waals surface area (Å²) in [5.41, 5.74) is 0.300. The lowest BCUT2D eigenvalue weighted by Gasteiger charge is -2.42. The van der Waals surface area contributed by atoms with E-state index in [1.165, 1.54) is 12.8 Å². The Bertz CT molecular complexity index is 643. The molecule has 0 amide bonds. The van der Waals surface area contributed by atoms with Gasteiger partial charge < -0.3 is 0 Å². The molecular weight excluding hydrogens is 308 g/mol. The van der Waals surface area contributed by atoms with Crippen LogP contribution in [0.25, 0.3) is 0 Å². The van der Waals surface area contributed by atoms with Crippen molar-refractivity contribution in [1.82, 2.24) is 9.21 Å². The molecule has 0 aromatic heterocycles. The van der Waals surface area contributed by atoms with Crippen molar-refractivity contribution in [2.75, 3.05) is 19.6 Å². The largest absolute Gasteiger partial charge is 0.295 e. The van der Waals surface area contributed by atoms with Gasteiger partial charge in [0.15, 0.2) is 0 Å². The molecule has 116 valence electrons. The van der Waals surface area contributed by atoms with Crippen LogP contribution in [0.2, 0.25) is 5.02 Å². The first-order valence-corrected chi connectivity index (χ1v) is 9.18. The molecule has 1 heterocycles. The minimum absolute atomic E-state index is 0.0301. The maximum Gasteiger partial charge on any atom is 0.244 e. The average Bonchev–Trinajstić information content (AvgIpc) is 3.18. The number of hydrogen-bond acceptors (Lipinski definition) is 3. The van der Waals surface area contributed by atoms with Crippen molar-refractivity contribution in [1.29, 1.82) is 0 Å². The van der Waals surface area contributed by atoms with E-state index in [1.807, 2.05) is 6.92 Å². The van der Waals surface area contributed by atoms with E-state index in [2.05, 4.69) is 11.8 Å². The van der Waals surface area contributed by atoms with Gasteiger partial charge >= 0.3 is 0 Å². The fourth-order valence-electron chi connectivity index (χ4n) is 3.07. The van der Waals surface area contributed by atoms with Gasteiger partial charge in [-0.3, -0.25) is 4.90 Å². The number of hydrogen-bond donors (Lipinski definition) is 0. The number of rotatable bonds is 3. The van der Waals surface area contributed by atoms with Crippen molar-refractivity contribution in [2.45, 2.75) is 43.2 Å². The SMILES string of the molecule is CC1CN(C2(C)CC2)CCN1S(=O)(=O)c1ccccc1Cl. The predicted octanol–water partition coefficient (Wildman–Crippen LogP) is 2.59. The minimum Gasteiger partial charge on any atom is -0.295 e. The molecule has 1 saturated heterocycles. The topological polar surface area (TPSA) is 40.6 Å². The van der Waals surface area contributed by atoms with Gasteiger partial charge in [-0.15, -0.1) is 0 Å². The lowest BCUT2D eigenvalue weighted by Crippen LogP contribution is -2.56. The first-order chi connectivity index (χ1) is 9.84. The number of nitrogens with zero attached hydrogens (tertiary/aromatic N) is 2. The Morgan fingerprint density at radius 2 is 1.90 bits per heavy atom. The molecule has 1 saturated carbocycles. The summed E-state index contributed by atoms with van der Waals surface area (Å²) < 4.78 is 27.2. The Morgan fingerprint density at radius 3 is 2.48 bits per heavy atom. The third-order valence-electron chi connectivity index (χ3n) is 4.73. The molecular formula is C15H21ClN2O2S. The van der Waals surface area contributed by atoms with Gasteiger partial charge in [0.2, 0.25) is 10.0 Å². The first-order valence-electron chi connectivity index (χ1n) is 7.36. The van der Waals surface area contributed by atoms with Gasteiger partial charge in [-0.05, 0) is 38.8 Å². The fraction of sp³-hybridized carbons (Fsp3) is 0.600. The molecule has 6 heteroatoms. The van der Waals surface area contributed by atoms with Gasteiger partial charge in [-0.2, -0.15) is 4.31 Å². The third-order valence-corrected chi connectivity index (χ3v) is 7.24. The summed E-state index contributed by atoms with van der Waals surface area (Å²) in [5.74, 6) is 0. The first kappa shape index (κ1) is 15.3. The summed E-state index contributed by atoms with van der Waals surface area (Å²) in [6, 6.07) is 6.64. The molecule has 2 fully saturated rings. The Labute approximate surface area is 131 Å². The van der Waals surface area contributed by atoms with E-state index in [-0.39, 0.29) is 10.9 Å². The molecule has 1 aromatic rings. The Morgan fingerprint density at radius 1 is 1.24 bits per heavy atom. The molecule has 1 atom stereocenters. The van der Waals surface area contributed by atoms with Crippen LogP contribution in [0.3, 0.4) is 0 Å². The fourth-order valence-corrected chi connectivity index (χ4v) is 5.17. The lowest BCUT2D eigenvalue weighted by molar-refractivity contribution is 0.0977. The second-order valence-corrected chi connectivity index (χ2v) is 8.60. The summed E-state index contributed by atoms with van der Waals surface area (Å²) in [4.78, 5) is 2.64. The Balaban J connectivity index is 1.83. The molecule has 4 nitrogen and oxygen atoms in total. The molecule has 0 radical (unpaired) electrons. The zero-order valence-electron chi connectivity index (χ0n) is 12.4. The highest BCUT2D eigenvalue weighted by atomic mass is 35.5. The molecule has 3 rings (SSSR count). The van der Waals surface area contributed by atoms with E-state index in [9.17, 15) is 8.42 Å². The van der Waals surface area contributed by atoms with Gasteiger partial charge in [0.1, 0.15) is 4.90 Å². The summed E-state index contributed by atoms with van der Waals surface area (Å²) in [6.07, 6.45) is 2.44. The number of halogens is 1. The second kappa shape index (κ2) is 5.23. The van der Waals surface area contributed by atoms with Crippen LogP contribution in [0.15, 0.2) is 29.2 Å². The highest BCUT2D eigenvalue weighted by Gasteiger charge is 2.46. The van der Waals surface area contributed by atoms with Crippen molar-refractivity contribution in [3.05, 3.63) is 29.3 Å². The summed E-state index contributed by atoms with van der Waals surface area (Å²) >= 11 is 6.07. The molecule has 1 aliphatic carbocycles. The summed E-state index contributed by atoms with van der Waals surface area (Å²) in [7, 11) is -3.52. The van der Waals surface area contributed by atoms with Crippen LogP contribution < -0.4 is 0 Å². The van der Waals surface area contributed by atoms with E-state index in [0.717, 1.165) is 13.1 Å². The van der Waals surface area contributed by atoms with E-state index >= 15 is 0 Å². The van der Waals surface area contributed by atoms with Crippen LogP contribution in [-0.2, 0) is 10.0 Å². The molecule has 2 aliphatic rings. The third kappa shape index (κ3) is 2.72. The van der Waals surface area contributed by atoms with Crippen LogP contribution >= 0.6 is 11.6 Å². The molecule has 1 unspecified atom stereocenters. The molecule has 0 N–H and O–H groups in total. The Hall–Kier alpha value is -0.620. The van der Waals surface area contributed by atoms with Crippen molar-refractivity contribution >= 4 is 21.6 Å². The van der Waals surface area contributed by atoms with Gasteiger partial charge in [-0.25, -0.2) is 8.42 Å².